The van der Waals surface area contributed by atoms with E-state index in [0.29, 0.717) is 6.42 Å². The van der Waals surface area contributed by atoms with Gasteiger partial charge in [-0.05, 0) is 6.42 Å². The van der Waals surface area contributed by atoms with Gasteiger partial charge in [-0.3, -0.25) is 24.5 Å². The smallest absolute Gasteiger partial charge is 0.239 e. The number of amides is 2. The van der Waals surface area contributed by atoms with Crippen LogP contribution in [0, 0.1) is 0 Å². The fraction of sp³-hybridized carbons (Fsp3) is 0.636. The molecule has 1 rings (SSSR count). The van der Waals surface area contributed by atoms with Crippen molar-refractivity contribution in [2.75, 3.05) is 19.6 Å². The van der Waals surface area contributed by atoms with Crippen molar-refractivity contribution >= 4 is 35.3 Å². The summed E-state index contributed by atoms with van der Waals surface area (Å²) in [6, 6.07) is -1.62. The van der Waals surface area contributed by atoms with E-state index in [0.717, 1.165) is 0 Å². The number of carbonyl (C=O) groups excluding carboxylic acids is 4. The first-order chi connectivity index (χ1) is 9.40. The molecule has 2 atom stereocenters. The van der Waals surface area contributed by atoms with Crippen molar-refractivity contribution in [1.29, 1.82) is 0 Å². The Bertz CT molecular complexity index is 415. The number of carbonyl (C=O) groups is 4. The number of rotatable bonds is 1. The minimum atomic E-state index is -0.890. The first-order valence-corrected chi connectivity index (χ1v) is 6.62. The van der Waals surface area contributed by atoms with Gasteiger partial charge in [0, 0.05) is 13.0 Å². The van der Waals surface area contributed by atoms with Crippen LogP contribution in [0.5, 0.6) is 0 Å². The van der Waals surface area contributed by atoms with Gasteiger partial charge in [0.25, 0.3) is 0 Å². The van der Waals surface area contributed by atoms with Gasteiger partial charge in [0.2, 0.25) is 16.9 Å². The third-order valence-electron chi connectivity index (χ3n) is 2.85. The Morgan fingerprint density at radius 3 is 2.50 bits per heavy atom. The van der Waals surface area contributed by atoms with E-state index < -0.39 is 23.1 Å². The Kier molecular flexibility index (Phi) is 6.62. The van der Waals surface area contributed by atoms with Crippen LogP contribution in [-0.4, -0.2) is 54.4 Å². The van der Waals surface area contributed by atoms with E-state index in [1.54, 1.807) is 0 Å². The lowest BCUT2D eigenvalue weighted by atomic mass is 10.1. The Morgan fingerprint density at radius 2 is 1.85 bits per heavy atom. The first kappa shape index (κ1) is 16.6. The number of nitrogens with one attached hydrogen (secondary N) is 3. The van der Waals surface area contributed by atoms with E-state index in [1.165, 1.54) is 0 Å². The quantitative estimate of drug-likeness (QED) is 0.336. The minimum Gasteiger partial charge on any atom is -0.354 e. The van der Waals surface area contributed by atoms with Crippen LogP contribution in [0.1, 0.15) is 12.8 Å². The summed E-state index contributed by atoms with van der Waals surface area (Å²) in [6.07, 6.45) is 0.0951. The molecule has 0 aromatic rings. The van der Waals surface area contributed by atoms with Crippen molar-refractivity contribution in [2.24, 2.45) is 5.73 Å². The average molecular weight is 302 g/mol. The minimum absolute atomic E-state index is 0.126. The molecule has 0 aromatic carbocycles. The van der Waals surface area contributed by atoms with Crippen molar-refractivity contribution < 1.29 is 19.2 Å². The van der Waals surface area contributed by atoms with Crippen molar-refractivity contribution in [1.82, 2.24) is 16.0 Å². The number of nitrogens with two attached hydrogens (primary N) is 1. The predicted molar refractivity (Wildman–Crippen MR) is 74.0 cm³/mol. The summed E-state index contributed by atoms with van der Waals surface area (Å²) >= 11 is 3.66. The number of Topliss-reactive ketones (excluding diaryl/α,β-unsaturated/α-hetero) is 1. The van der Waals surface area contributed by atoms with Crippen LogP contribution in [0.15, 0.2) is 0 Å². The van der Waals surface area contributed by atoms with Crippen LogP contribution in [0.4, 0.5) is 0 Å². The van der Waals surface area contributed by atoms with Gasteiger partial charge in [0.15, 0.2) is 5.78 Å². The third kappa shape index (κ3) is 5.68. The molecule has 5 N–H and O–H groups in total. The molecule has 1 aliphatic heterocycles. The zero-order chi connectivity index (χ0) is 15.1. The normalized spacial score (nSPS) is 26.6. The SMILES string of the molecule is NC1CCNC(=O)CNC(=O)CC(C(=O)S)NCC1=O. The van der Waals surface area contributed by atoms with E-state index in [1.807, 2.05) is 0 Å². The van der Waals surface area contributed by atoms with Crippen LogP contribution < -0.4 is 21.7 Å². The molecule has 1 aliphatic rings. The summed E-state index contributed by atoms with van der Waals surface area (Å²) in [7, 11) is 0. The summed E-state index contributed by atoms with van der Waals surface area (Å²) in [5.41, 5.74) is 5.66. The third-order valence-corrected chi connectivity index (χ3v) is 3.16. The van der Waals surface area contributed by atoms with Gasteiger partial charge in [-0.1, -0.05) is 0 Å². The number of thiol groups is 1. The lowest BCUT2D eigenvalue weighted by molar-refractivity contribution is -0.127. The van der Waals surface area contributed by atoms with E-state index in [9.17, 15) is 19.2 Å². The molecule has 112 valence electrons. The Balaban J connectivity index is 2.73. The maximum absolute atomic E-state index is 11.7. The molecular formula is C11H18N4O4S. The largest absolute Gasteiger partial charge is 0.354 e. The summed E-state index contributed by atoms with van der Waals surface area (Å²) in [6.45, 7) is -0.0641. The molecule has 0 aromatic heterocycles. The highest BCUT2D eigenvalue weighted by Crippen LogP contribution is 1.99. The maximum Gasteiger partial charge on any atom is 0.239 e. The monoisotopic (exact) mass is 302 g/mol. The number of hydrogen-bond acceptors (Lipinski definition) is 6. The summed E-state index contributed by atoms with van der Waals surface area (Å²) in [5, 5.41) is 7.03. The van der Waals surface area contributed by atoms with Gasteiger partial charge in [-0.2, -0.15) is 0 Å². The van der Waals surface area contributed by atoms with Crippen LogP contribution in [0.3, 0.4) is 0 Å². The van der Waals surface area contributed by atoms with Crippen LogP contribution in [0.2, 0.25) is 0 Å². The van der Waals surface area contributed by atoms with E-state index in [4.69, 9.17) is 5.73 Å². The Morgan fingerprint density at radius 1 is 1.15 bits per heavy atom. The molecule has 0 saturated carbocycles. The van der Waals surface area contributed by atoms with E-state index in [-0.39, 0.29) is 37.7 Å². The summed E-state index contributed by atoms with van der Waals surface area (Å²) < 4.78 is 0. The molecule has 8 nitrogen and oxygen atoms in total. The zero-order valence-electron chi connectivity index (χ0n) is 10.8. The highest BCUT2D eigenvalue weighted by atomic mass is 32.1. The summed E-state index contributed by atoms with van der Waals surface area (Å²) in [5.74, 6) is -1.14. The van der Waals surface area contributed by atoms with Crippen molar-refractivity contribution in [3.8, 4) is 0 Å². The molecule has 1 saturated heterocycles. The van der Waals surface area contributed by atoms with Gasteiger partial charge in [-0.15, -0.1) is 12.6 Å². The van der Waals surface area contributed by atoms with Crippen molar-refractivity contribution in [3.05, 3.63) is 0 Å². The molecule has 20 heavy (non-hydrogen) atoms. The first-order valence-electron chi connectivity index (χ1n) is 6.18. The molecular weight excluding hydrogens is 284 g/mol. The van der Waals surface area contributed by atoms with Crippen molar-refractivity contribution in [2.45, 2.75) is 24.9 Å². The van der Waals surface area contributed by atoms with Crippen LogP contribution in [-0.2, 0) is 19.2 Å². The lowest BCUT2D eigenvalue weighted by Gasteiger charge is -2.15. The van der Waals surface area contributed by atoms with Gasteiger partial charge < -0.3 is 16.4 Å². The average Bonchev–Trinajstić information content (AvgIpc) is 2.40. The maximum atomic E-state index is 11.7. The molecule has 1 fully saturated rings. The fourth-order valence-corrected chi connectivity index (χ4v) is 1.81. The van der Waals surface area contributed by atoms with Gasteiger partial charge in [0.1, 0.15) is 0 Å². The van der Waals surface area contributed by atoms with E-state index in [2.05, 4.69) is 28.6 Å². The molecule has 1 heterocycles. The molecule has 0 radical (unpaired) electrons. The predicted octanol–water partition coefficient (Wildman–Crippen LogP) is -2.68. The molecule has 2 unspecified atom stereocenters. The second-order valence-electron chi connectivity index (χ2n) is 4.46. The lowest BCUT2D eigenvalue weighted by Crippen LogP contribution is -2.45. The second-order valence-corrected chi connectivity index (χ2v) is 4.90. The molecule has 9 heteroatoms. The van der Waals surface area contributed by atoms with Gasteiger partial charge in [0.05, 0.1) is 25.2 Å². The summed E-state index contributed by atoms with van der Waals surface area (Å²) in [4.78, 5) is 45.9. The van der Waals surface area contributed by atoms with Crippen LogP contribution in [0.25, 0.3) is 0 Å². The molecule has 0 aliphatic carbocycles. The number of hydrogen-bond donors (Lipinski definition) is 5. The van der Waals surface area contributed by atoms with Crippen molar-refractivity contribution in [3.63, 3.8) is 0 Å². The second kappa shape index (κ2) is 7.98. The molecule has 0 bridgehead atoms. The fourth-order valence-electron chi connectivity index (χ4n) is 1.63. The topological polar surface area (TPSA) is 130 Å². The Labute approximate surface area is 121 Å². The van der Waals surface area contributed by atoms with Crippen LogP contribution >= 0.6 is 12.6 Å². The highest BCUT2D eigenvalue weighted by molar-refractivity contribution is 7.96. The zero-order valence-corrected chi connectivity index (χ0v) is 11.7. The molecule has 0 spiro atoms. The highest BCUT2D eigenvalue weighted by Gasteiger charge is 2.22. The van der Waals surface area contributed by atoms with E-state index >= 15 is 0 Å². The standard InChI is InChI=1S/C11H18N4O4S/c12-6-1-2-13-10(18)5-15-9(17)3-7(11(19)20)14-4-8(6)16/h6-7,14H,1-5,12H2,(H,13,18)(H,15,17)(H,19,20). The van der Waals surface area contributed by atoms with Gasteiger partial charge >= 0.3 is 0 Å². The van der Waals surface area contributed by atoms with Gasteiger partial charge in [-0.25, -0.2) is 0 Å². The Hall–Kier alpha value is -1.45. The number of ketones is 1. The molecule has 2 amide bonds.